The van der Waals surface area contributed by atoms with Gasteiger partial charge in [0, 0.05) is 11.8 Å². The van der Waals surface area contributed by atoms with Crippen LogP contribution < -0.4 is 21.7 Å². The van der Waals surface area contributed by atoms with Crippen LogP contribution in [0, 0.1) is 0 Å². The van der Waals surface area contributed by atoms with Gasteiger partial charge in [0.2, 0.25) is 5.91 Å². The first kappa shape index (κ1) is 12.9. The lowest BCUT2D eigenvalue weighted by molar-refractivity contribution is -0.122. The van der Waals surface area contributed by atoms with Crippen LogP contribution in [-0.2, 0) is 4.79 Å². The van der Waals surface area contributed by atoms with Crippen molar-refractivity contribution in [1.82, 2.24) is 30.8 Å². The lowest BCUT2D eigenvalue weighted by atomic mass is 10.1. The fraction of sp³-hybridized carbons (Fsp3) is 0.0769. The molecule has 1 atom stereocenters. The summed E-state index contributed by atoms with van der Waals surface area (Å²) in [5.41, 5.74) is 6.80. The van der Waals surface area contributed by atoms with E-state index in [9.17, 15) is 9.59 Å². The first-order valence-corrected chi connectivity index (χ1v) is 6.91. The van der Waals surface area contributed by atoms with Gasteiger partial charge in [0.25, 0.3) is 5.56 Å². The van der Waals surface area contributed by atoms with Crippen molar-refractivity contribution in [3.05, 3.63) is 46.4 Å². The molecular formula is C13H10N6O2S. The summed E-state index contributed by atoms with van der Waals surface area (Å²) in [4.78, 5) is 29.0. The fourth-order valence-electron chi connectivity index (χ4n) is 2.49. The Hall–Kier alpha value is -2.78. The van der Waals surface area contributed by atoms with E-state index in [0.717, 1.165) is 0 Å². The highest BCUT2D eigenvalue weighted by molar-refractivity contribution is 7.80. The van der Waals surface area contributed by atoms with Crippen LogP contribution in [0.4, 0.5) is 0 Å². The summed E-state index contributed by atoms with van der Waals surface area (Å²) in [6, 6.07) is 6.35. The summed E-state index contributed by atoms with van der Waals surface area (Å²) in [6.45, 7) is 0. The van der Waals surface area contributed by atoms with Crippen molar-refractivity contribution in [1.29, 1.82) is 0 Å². The summed E-state index contributed by atoms with van der Waals surface area (Å²) < 4.78 is 1.32. The molecule has 0 spiro atoms. The third-order valence-electron chi connectivity index (χ3n) is 3.52. The second-order valence-electron chi connectivity index (χ2n) is 4.84. The van der Waals surface area contributed by atoms with E-state index in [-0.39, 0.29) is 16.6 Å². The Morgan fingerprint density at radius 1 is 1.23 bits per heavy atom. The Labute approximate surface area is 128 Å². The van der Waals surface area contributed by atoms with Crippen molar-refractivity contribution < 1.29 is 4.79 Å². The average molecular weight is 314 g/mol. The van der Waals surface area contributed by atoms with Crippen LogP contribution in [0.1, 0.15) is 11.6 Å². The van der Waals surface area contributed by atoms with Crippen LogP contribution >= 0.6 is 12.2 Å². The molecule has 0 saturated carbocycles. The number of hydrogen-bond acceptors (Lipinski definition) is 5. The van der Waals surface area contributed by atoms with Gasteiger partial charge in [-0.15, -0.1) is 0 Å². The number of hydrazine groups is 1. The van der Waals surface area contributed by atoms with Crippen molar-refractivity contribution in [3.8, 4) is 0 Å². The SMILES string of the molecule is O=C1NC(=S)NNC1c1c[nH]n2c(=O)c3ccccc3nc12. The van der Waals surface area contributed by atoms with Gasteiger partial charge in [0.05, 0.1) is 10.9 Å². The van der Waals surface area contributed by atoms with E-state index >= 15 is 0 Å². The topological polar surface area (TPSA) is 103 Å². The van der Waals surface area contributed by atoms with Crippen LogP contribution in [0.2, 0.25) is 0 Å². The van der Waals surface area contributed by atoms with Gasteiger partial charge in [-0.25, -0.2) is 14.9 Å². The first-order valence-electron chi connectivity index (χ1n) is 6.50. The van der Waals surface area contributed by atoms with Gasteiger partial charge in [-0.3, -0.25) is 20.1 Å². The minimum atomic E-state index is -0.707. The summed E-state index contributed by atoms with van der Waals surface area (Å²) in [5.74, 6) is -0.312. The molecule has 0 aliphatic carbocycles. The first-order chi connectivity index (χ1) is 10.6. The normalized spacial score (nSPS) is 18.5. The molecule has 1 aliphatic heterocycles. The van der Waals surface area contributed by atoms with Gasteiger partial charge in [-0.2, -0.15) is 0 Å². The molecule has 4 rings (SSSR count). The Morgan fingerprint density at radius 3 is 2.86 bits per heavy atom. The lowest BCUT2D eigenvalue weighted by Gasteiger charge is -2.24. The van der Waals surface area contributed by atoms with Crippen molar-refractivity contribution >= 4 is 39.8 Å². The predicted octanol–water partition coefficient (Wildman–Crippen LogP) is -0.274. The number of para-hydroxylation sites is 1. The second kappa shape index (κ2) is 4.61. The smallest absolute Gasteiger partial charge is 0.280 e. The van der Waals surface area contributed by atoms with E-state index in [1.165, 1.54) is 4.52 Å². The number of aromatic nitrogens is 3. The van der Waals surface area contributed by atoms with Gasteiger partial charge in [-0.05, 0) is 24.4 Å². The number of rotatable bonds is 1. The van der Waals surface area contributed by atoms with Gasteiger partial charge >= 0.3 is 0 Å². The van der Waals surface area contributed by atoms with Gasteiger partial charge in [-0.1, -0.05) is 12.1 Å². The number of amides is 1. The molecule has 110 valence electrons. The van der Waals surface area contributed by atoms with Crippen molar-refractivity contribution in [2.75, 3.05) is 0 Å². The largest absolute Gasteiger partial charge is 0.300 e. The van der Waals surface area contributed by atoms with Gasteiger partial charge in [0.1, 0.15) is 6.04 Å². The maximum atomic E-state index is 12.5. The monoisotopic (exact) mass is 314 g/mol. The summed E-state index contributed by atoms with van der Waals surface area (Å²) in [6.07, 6.45) is 1.58. The van der Waals surface area contributed by atoms with Crippen molar-refractivity contribution in [2.24, 2.45) is 0 Å². The number of nitrogens with zero attached hydrogens (tertiary/aromatic N) is 2. The number of H-pyrrole nitrogens is 1. The number of carbonyl (C=O) groups is 1. The van der Waals surface area contributed by atoms with E-state index in [0.29, 0.717) is 22.1 Å². The van der Waals surface area contributed by atoms with Crippen LogP contribution in [0.15, 0.2) is 35.3 Å². The number of fused-ring (bicyclic) bond motifs is 2. The minimum Gasteiger partial charge on any atom is -0.300 e. The summed E-state index contributed by atoms with van der Waals surface area (Å²) in [7, 11) is 0. The van der Waals surface area contributed by atoms with Crippen LogP contribution in [0.5, 0.6) is 0 Å². The van der Waals surface area contributed by atoms with E-state index < -0.39 is 6.04 Å². The highest BCUT2D eigenvalue weighted by Crippen LogP contribution is 2.19. The zero-order valence-corrected chi connectivity index (χ0v) is 11.9. The maximum absolute atomic E-state index is 12.5. The molecule has 0 radical (unpaired) electrons. The highest BCUT2D eigenvalue weighted by Gasteiger charge is 2.29. The number of hydrogen-bond donors (Lipinski definition) is 4. The molecular weight excluding hydrogens is 304 g/mol. The zero-order chi connectivity index (χ0) is 15.3. The zero-order valence-electron chi connectivity index (χ0n) is 11.1. The second-order valence-corrected chi connectivity index (χ2v) is 5.25. The third-order valence-corrected chi connectivity index (χ3v) is 3.73. The average Bonchev–Trinajstić information content (AvgIpc) is 2.92. The van der Waals surface area contributed by atoms with Crippen LogP contribution in [-0.4, -0.2) is 25.6 Å². The molecule has 3 aromatic rings. The Morgan fingerprint density at radius 2 is 2.05 bits per heavy atom. The number of benzene rings is 1. The molecule has 22 heavy (non-hydrogen) atoms. The number of aromatic amines is 1. The van der Waals surface area contributed by atoms with Crippen molar-refractivity contribution in [2.45, 2.75) is 6.04 Å². The molecule has 1 unspecified atom stereocenters. The van der Waals surface area contributed by atoms with E-state index in [4.69, 9.17) is 12.2 Å². The third kappa shape index (κ3) is 1.80. The predicted molar refractivity (Wildman–Crippen MR) is 83.1 cm³/mol. The molecule has 9 heteroatoms. The molecule has 0 bridgehead atoms. The molecule has 3 heterocycles. The highest BCUT2D eigenvalue weighted by atomic mass is 32.1. The Kier molecular flexibility index (Phi) is 2.71. The van der Waals surface area contributed by atoms with E-state index in [2.05, 4.69) is 26.3 Å². The molecule has 1 fully saturated rings. The van der Waals surface area contributed by atoms with Crippen LogP contribution in [0.3, 0.4) is 0 Å². The number of nitrogens with one attached hydrogen (secondary N) is 4. The van der Waals surface area contributed by atoms with Gasteiger partial charge in [0.15, 0.2) is 10.8 Å². The Bertz CT molecular complexity index is 991. The maximum Gasteiger partial charge on any atom is 0.280 e. The quantitative estimate of drug-likeness (QED) is 0.461. The number of carbonyl (C=O) groups excluding carboxylic acids is 1. The Balaban J connectivity index is 1.95. The van der Waals surface area contributed by atoms with Gasteiger partial charge < -0.3 is 5.32 Å². The lowest BCUT2D eigenvalue weighted by Crippen LogP contribution is -2.57. The molecule has 1 saturated heterocycles. The fourth-order valence-corrected chi connectivity index (χ4v) is 2.65. The van der Waals surface area contributed by atoms with Crippen molar-refractivity contribution in [3.63, 3.8) is 0 Å². The molecule has 1 amide bonds. The van der Waals surface area contributed by atoms with Crippen LogP contribution in [0.25, 0.3) is 16.6 Å². The van der Waals surface area contributed by atoms with E-state index in [1.807, 2.05) is 6.07 Å². The molecule has 4 N–H and O–H groups in total. The molecule has 1 aromatic carbocycles. The standard InChI is InChI=1S/C13H10N6O2S/c20-11-9(17-18-13(22)16-11)7-5-14-19-10(7)15-8-4-2-1-3-6(8)12(19)21/h1-5,9,14,17H,(H2,16,18,20,22). The molecule has 2 aromatic heterocycles. The molecule has 1 aliphatic rings. The molecule has 8 nitrogen and oxygen atoms in total. The number of thiocarbonyl (C=S) groups is 1. The minimum absolute atomic E-state index is 0.205. The van der Waals surface area contributed by atoms with E-state index in [1.54, 1.807) is 24.4 Å². The summed E-state index contributed by atoms with van der Waals surface area (Å²) in [5, 5.41) is 6.08. The summed E-state index contributed by atoms with van der Waals surface area (Å²) >= 11 is 4.86.